The van der Waals surface area contributed by atoms with E-state index in [0.29, 0.717) is 0 Å². The number of Topliss-reactive ketones (excluding diaryl/α,β-unsaturated/α-hetero) is 1. The summed E-state index contributed by atoms with van der Waals surface area (Å²) in [7, 11) is 0. The minimum Gasteiger partial charge on any atom is -0.300 e. The molecular weight excluding hydrogens is 166 g/mol. The minimum absolute atomic E-state index is 0.167. The molecule has 0 saturated heterocycles. The van der Waals surface area contributed by atoms with Crippen LogP contribution in [0.25, 0.3) is 5.65 Å². The van der Waals surface area contributed by atoms with Gasteiger partial charge < -0.3 is 4.79 Å². The highest BCUT2D eigenvalue weighted by Gasteiger charge is 1.86. The number of hydrogen-bond donors (Lipinski definition) is 0. The van der Waals surface area contributed by atoms with E-state index in [1.165, 1.54) is 13.8 Å². The molecule has 0 aliphatic carbocycles. The number of aromatic nitrogens is 3. The van der Waals surface area contributed by atoms with Crippen LogP contribution in [0.1, 0.15) is 13.8 Å². The molecule has 0 spiro atoms. The topological polar surface area (TPSA) is 47.3 Å². The molecule has 0 N–H and O–H groups in total. The van der Waals surface area contributed by atoms with Crippen molar-refractivity contribution >= 4 is 11.4 Å². The Balaban J connectivity index is 0.000000184. The van der Waals surface area contributed by atoms with Crippen molar-refractivity contribution in [2.75, 3.05) is 0 Å². The molecule has 4 heteroatoms. The first-order valence-corrected chi connectivity index (χ1v) is 3.91. The van der Waals surface area contributed by atoms with Crippen LogP contribution >= 0.6 is 0 Å². The highest BCUT2D eigenvalue weighted by Crippen LogP contribution is 1.93. The first-order chi connectivity index (χ1) is 6.20. The molecule has 0 radical (unpaired) electrons. The molecule has 2 heterocycles. The van der Waals surface area contributed by atoms with Gasteiger partial charge in [0.15, 0.2) is 5.65 Å². The van der Waals surface area contributed by atoms with Gasteiger partial charge in [-0.25, -0.2) is 9.50 Å². The number of fused-ring (bicyclic) bond motifs is 1. The number of carbonyl (C=O) groups is 1. The van der Waals surface area contributed by atoms with Crippen LogP contribution in [0.3, 0.4) is 0 Å². The van der Waals surface area contributed by atoms with Crippen LogP contribution in [0.4, 0.5) is 0 Å². The summed E-state index contributed by atoms with van der Waals surface area (Å²) >= 11 is 0. The lowest BCUT2D eigenvalue weighted by Crippen LogP contribution is -1.85. The summed E-state index contributed by atoms with van der Waals surface area (Å²) in [5.74, 6) is 0.167. The van der Waals surface area contributed by atoms with E-state index >= 15 is 0 Å². The van der Waals surface area contributed by atoms with E-state index in [2.05, 4.69) is 10.1 Å². The first kappa shape index (κ1) is 9.38. The number of nitrogens with zero attached hydrogens (tertiary/aromatic N) is 3. The van der Waals surface area contributed by atoms with Crippen LogP contribution in [0.15, 0.2) is 30.7 Å². The molecule has 68 valence electrons. The minimum atomic E-state index is 0.167. The van der Waals surface area contributed by atoms with Crippen molar-refractivity contribution < 1.29 is 4.79 Å². The van der Waals surface area contributed by atoms with Gasteiger partial charge in [-0.1, -0.05) is 0 Å². The molecule has 2 rings (SSSR count). The zero-order valence-corrected chi connectivity index (χ0v) is 7.64. The molecule has 0 bridgehead atoms. The summed E-state index contributed by atoms with van der Waals surface area (Å²) in [4.78, 5) is 13.5. The molecule has 0 unspecified atom stereocenters. The van der Waals surface area contributed by atoms with Gasteiger partial charge in [0.05, 0.1) is 6.20 Å². The quantitative estimate of drug-likeness (QED) is 0.609. The molecule has 0 atom stereocenters. The Morgan fingerprint density at radius 2 is 2.08 bits per heavy atom. The Morgan fingerprint density at radius 1 is 1.38 bits per heavy atom. The molecule has 2 aromatic rings. The third-order valence-electron chi connectivity index (χ3n) is 1.17. The molecule has 2 aromatic heterocycles. The summed E-state index contributed by atoms with van der Waals surface area (Å²) in [6, 6.07) is 3.71. The Bertz CT molecular complexity index is 360. The van der Waals surface area contributed by atoms with Gasteiger partial charge in [-0.15, -0.1) is 0 Å². The highest BCUT2D eigenvalue weighted by molar-refractivity contribution is 5.72. The molecule has 13 heavy (non-hydrogen) atoms. The van der Waals surface area contributed by atoms with Crippen LogP contribution in [-0.2, 0) is 4.79 Å². The van der Waals surface area contributed by atoms with Crippen LogP contribution in [0.2, 0.25) is 0 Å². The lowest BCUT2D eigenvalue weighted by Gasteiger charge is -1.85. The molecule has 0 aromatic carbocycles. The normalized spacial score (nSPS) is 9.08. The maximum Gasteiger partial charge on any atom is 0.154 e. The average Bonchev–Trinajstić information content (AvgIpc) is 2.49. The predicted molar refractivity (Wildman–Crippen MR) is 49.3 cm³/mol. The molecule has 0 aliphatic heterocycles. The second-order valence-electron chi connectivity index (χ2n) is 2.66. The van der Waals surface area contributed by atoms with Gasteiger partial charge in [0.25, 0.3) is 0 Å². The van der Waals surface area contributed by atoms with Gasteiger partial charge in [0.1, 0.15) is 5.78 Å². The van der Waals surface area contributed by atoms with Crippen molar-refractivity contribution in [1.82, 2.24) is 14.6 Å². The largest absolute Gasteiger partial charge is 0.300 e. The molecule has 4 nitrogen and oxygen atoms in total. The maximum absolute atomic E-state index is 9.44. The van der Waals surface area contributed by atoms with E-state index in [0.717, 1.165) is 5.65 Å². The van der Waals surface area contributed by atoms with Gasteiger partial charge in [-0.3, -0.25) is 0 Å². The SMILES string of the molecule is CC(C)=O.c1cnc2ccnn2c1. The Morgan fingerprint density at radius 3 is 2.69 bits per heavy atom. The Hall–Kier alpha value is -1.71. The maximum atomic E-state index is 9.44. The van der Waals surface area contributed by atoms with E-state index < -0.39 is 0 Å². The van der Waals surface area contributed by atoms with Crippen molar-refractivity contribution in [3.8, 4) is 0 Å². The second kappa shape index (κ2) is 4.35. The zero-order chi connectivity index (χ0) is 9.68. The fraction of sp³-hybridized carbons (Fsp3) is 0.222. The van der Waals surface area contributed by atoms with Gasteiger partial charge in [0, 0.05) is 18.5 Å². The summed E-state index contributed by atoms with van der Waals surface area (Å²) in [5.41, 5.74) is 0.887. The second-order valence-corrected chi connectivity index (χ2v) is 2.66. The van der Waals surface area contributed by atoms with Crippen LogP contribution in [0.5, 0.6) is 0 Å². The molecule has 0 amide bonds. The summed E-state index contributed by atoms with van der Waals surface area (Å²) < 4.78 is 1.72. The monoisotopic (exact) mass is 177 g/mol. The number of ketones is 1. The Kier molecular flexibility index (Phi) is 3.14. The highest BCUT2D eigenvalue weighted by atomic mass is 16.1. The van der Waals surface area contributed by atoms with Crippen molar-refractivity contribution in [3.63, 3.8) is 0 Å². The van der Waals surface area contributed by atoms with Gasteiger partial charge >= 0.3 is 0 Å². The van der Waals surface area contributed by atoms with E-state index in [1.807, 2.05) is 18.3 Å². The van der Waals surface area contributed by atoms with Gasteiger partial charge in [-0.2, -0.15) is 5.10 Å². The van der Waals surface area contributed by atoms with E-state index in [4.69, 9.17) is 0 Å². The lowest BCUT2D eigenvalue weighted by molar-refractivity contribution is -0.114. The number of carbonyl (C=O) groups excluding carboxylic acids is 1. The average molecular weight is 177 g/mol. The third kappa shape index (κ3) is 3.02. The van der Waals surface area contributed by atoms with Crippen molar-refractivity contribution in [3.05, 3.63) is 30.7 Å². The van der Waals surface area contributed by atoms with Crippen molar-refractivity contribution in [1.29, 1.82) is 0 Å². The Labute approximate surface area is 76.2 Å². The first-order valence-electron chi connectivity index (χ1n) is 3.91. The van der Waals surface area contributed by atoms with Crippen molar-refractivity contribution in [2.45, 2.75) is 13.8 Å². The summed E-state index contributed by atoms with van der Waals surface area (Å²) in [5, 5.41) is 3.97. The molecule has 0 fully saturated rings. The van der Waals surface area contributed by atoms with E-state index in [-0.39, 0.29) is 5.78 Å². The molecular formula is C9H11N3O. The summed E-state index contributed by atoms with van der Waals surface area (Å²) in [6.45, 7) is 3.06. The fourth-order valence-corrected chi connectivity index (χ4v) is 0.764. The van der Waals surface area contributed by atoms with E-state index in [1.54, 1.807) is 16.9 Å². The van der Waals surface area contributed by atoms with Crippen molar-refractivity contribution in [2.24, 2.45) is 0 Å². The fourth-order valence-electron chi connectivity index (χ4n) is 0.764. The molecule has 0 aliphatic rings. The number of rotatable bonds is 0. The van der Waals surface area contributed by atoms with Crippen LogP contribution in [-0.4, -0.2) is 20.4 Å². The van der Waals surface area contributed by atoms with Gasteiger partial charge in [-0.05, 0) is 19.9 Å². The van der Waals surface area contributed by atoms with Crippen LogP contribution in [0, 0.1) is 0 Å². The van der Waals surface area contributed by atoms with Crippen LogP contribution < -0.4 is 0 Å². The van der Waals surface area contributed by atoms with E-state index in [9.17, 15) is 4.79 Å². The third-order valence-corrected chi connectivity index (χ3v) is 1.17. The lowest BCUT2D eigenvalue weighted by atomic mass is 10.6. The standard InChI is InChI=1S/C6H5N3.C3H6O/c1-3-7-6-2-4-8-9(6)5-1;1-3(2)4/h1-5H;1-2H3. The summed E-state index contributed by atoms with van der Waals surface area (Å²) in [6.07, 6.45) is 5.34. The zero-order valence-electron chi connectivity index (χ0n) is 7.64. The van der Waals surface area contributed by atoms with Gasteiger partial charge in [0.2, 0.25) is 0 Å². The number of hydrogen-bond acceptors (Lipinski definition) is 3. The smallest absolute Gasteiger partial charge is 0.154 e. The predicted octanol–water partition coefficient (Wildman–Crippen LogP) is 1.32. The molecule has 0 saturated carbocycles.